The normalized spacial score (nSPS) is 14.3. The fraction of sp³-hybridized carbons (Fsp3) is 0.389. The lowest BCUT2D eigenvalue weighted by Crippen LogP contribution is -2.40. The lowest BCUT2D eigenvalue weighted by Gasteiger charge is -2.31. The molecule has 2 heterocycles. The molecule has 1 aliphatic rings. The molecule has 1 aromatic carbocycles. The Morgan fingerprint density at radius 3 is 2.68 bits per heavy atom. The summed E-state index contributed by atoms with van der Waals surface area (Å²) in [5.74, 6) is -1.06. The Morgan fingerprint density at radius 2 is 2.04 bits per heavy atom. The molecule has 6 nitrogen and oxygen atoms in total. The Kier molecular flexibility index (Phi) is 4.33. The molecule has 0 bridgehead atoms. The van der Waals surface area contributed by atoms with E-state index in [1.54, 1.807) is 39.0 Å². The maximum atomic E-state index is 12.3. The van der Waals surface area contributed by atoms with Gasteiger partial charge in [-0.2, -0.15) is 0 Å². The highest BCUT2D eigenvalue weighted by atomic mass is 35.5. The lowest BCUT2D eigenvalue weighted by molar-refractivity contribution is 0.0220. The highest BCUT2D eigenvalue weighted by Crippen LogP contribution is 2.30. The molecule has 132 valence electrons. The number of carboxylic acid groups (broad SMARTS) is 1. The van der Waals surface area contributed by atoms with Gasteiger partial charge in [0.25, 0.3) is 0 Å². The molecular weight excluding hydrogens is 344 g/mol. The third-order valence-electron chi connectivity index (χ3n) is 3.97. The Bertz CT molecular complexity index is 873. The summed E-state index contributed by atoms with van der Waals surface area (Å²) in [7, 11) is 0. The van der Waals surface area contributed by atoms with Gasteiger partial charge < -0.3 is 14.7 Å². The first-order valence-corrected chi connectivity index (χ1v) is 8.36. The number of nitrogens with zero attached hydrogens (tertiary/aromatic N) is 2. The van der Waals surface area contributed by atoms with E-state index in [0.717, 1.165) is 0 Å². The summed E-state index contributed by atoms with van der Waals surface area (Å²) in [5.41, 5.74) is 1.37. The van der Waals surface area contributed by atoms with Gasteiger partial charge in [-0.05, 0) is 39.0 Å². The van der Waals surface area contributed by atoms with Crippen LogP contribution < -0.4 is 0 Å². The number of hydrogen-bond acceptors (Lipinski definition) is 4. The van der Waals surface area contributed by atoms with Crippen molar-refractivity contribution in [1.82, 2.24) is 9.88 Å². The maximum absolute atomic E-state index is 12.3. The smallest absolute Gasteiger partial charge is 0.410 e. The van der Waals surface area contributed by atoms with Gasteiger partial charge in [0.15, 0.2) is 0 Å². The van der Waals surface area contributed by atoms with Gasteiger partial charge >= 0.3 is 12.1 Å². The van der Waals surface area contributed by atoms with Gasteiger partial charge in [0.2, 0.25) is 0 Å². The van der Waals surface area contributed by atoms with Gasteiger partial charge in [-0.3, -0.25) is 4.98 Å². The second-order valence-corrected chi connectivity index (χ2v) is 7.47. The van der Waals surface area contributed by atoms with Gasteiger partial charge in [0, 0.05) is 34.6 Å². The predicted octanol–water partition coefficient (Wildman–Crippen LogP) is 3.88. The van der Waals surface area contributed by atoms with Gasteiger partial charge in [-0.25, -0.2) is 9.59 Å². The SMILES string of the molecule is CC(C)(C)OC(=O)N1CCc2nc3ccc(Cl)cc3c(C(=O)O)c2C1. The molecule has 1 amide bonds. The van der Waals surface area contributed by atoms with Crippen molar-refractivity contribution in [2.24, 2.45) is 0 Å². The molecule has 0 spiro atoms. The number of benzene rings is 1. The monoisotopic (exact) mass is 362 g/mol. The molecule has 25 heavy (non-hydrogen) atoms. The van der Waals surface area contributed by atoms with E-state index < -0.39 is 17.7 Å². The number of aromatic nitrogens is 1. The first-order valence-electron chi connectivity index (χ1n) is 7.98. The molecule has 0 saturated heterocycles. The van der Waals surface area contributed by atoms with Crippen molar-refractivity contribution in [1.29, 1.82) is 0 Å². The average molecular weight is 363 g/mol. The molecule has 0 aliphatic carbocycles. The van der Waals surface area contributed by atoms with E-state index in [4.69, 9.17) is 16.3 Å². The van der Waals surface area contributed by atoms with E-state index in [1.807, 2.05) is 0 Å². The van der Waals surface area contributed by atoms with Crippen LogP contribution in [0.1, 0.15) is 42.4 Å². The minimum atomic E-state index is -1.06. The van der Waals surface area contributed by atoms with Crippen molar-refractivity contribution in [3.63, 3.8) is 0 Å². The second-order valence-electron chi connectivity index (χ2n) is 7.03. The first-order chi connectivity index (χ1) is 11.7. The van der Waals surface area contributed by atoms with Crippen LogP contribution in [0.3, 0.4) is 0 Å². The van der Waals surface area contributed by atoms with E-state index in [1.165, 1.54) is 4.90 Å². The molecule has 0 unspecified atom stereocenters. The summed E-state index contributed by atoms with van der Waals surface area (Å²) in [4.78, 5) is 30.3. The van der Waals surface area contributed by atoms with Gasteiger partial charge in [0.05, 0.1) is 17.6 Å². The molecular formula is C18H19ClN2O4. The Labute approximate surface area is 150 Å². The number of hydrogen-bond donors (Lipinski definition) is 1. The number of amides is 1. The summed E-state index contributed by atoms with van der Waals surface area (Å²) in [6.45, 7) is 5.97. The molecule has 0 fully saturated rings. The quantitative estimate of drug-likeness (QED) is 0.832. The Balaban J connectivity index is 2.06. The fourth-order valence-corrected chi connectivity index (χ4v) is 3.11. The molecule has 7 heteroatoms. The maximum Gasteiger partial charge on any atom is 0.410 e. The summed E-state index contributed by atoms with van der Waals surface area (Å²) in [6, 6.07) is 5.00. The van der Waals surface area contributed by atoms with Crippen LogP contribution in [-0.4, -0.2) is 39.2 Å². The van der Waals surface area contributed by atoms with E-state index in [-0.39, 0.29) is 12.1 Å². The van der Waals surface area contributed by atoms with Crippen molar-refractivity contribution in [2.75, 3.05) is 6.54 Å². The zero-order valence-electron chi connectivity index (χ0n) is 14.3. The van der Waals surface area contributed by atoms with Crippen LogP contribution >= 0.6 is 11.6 Å². The van der Waals surface area contributed by atoms with Crippen LogP contribution in [0.4, 0.5) is 4.79 Å². The zero-order chi connectivity index (χ0) is 18.4. The number of carbonyl (C=O) groups is 2. The van der Waals surface area contributed by atoms with Crippen LogP contribution in [-0.2, 0) is 17.7 Å². The molecule has 3 rings (SSSR count). The highest BCUT2D eigenvalue weighted by molar-refractivity contribution is 6.31. The number of halogens is 1. The molecule has 1 aromatic heterocycles. The van der Waals surface area contributed by atoms with Gasteiger partial charge in [-0.15, -0.1) is 0 Å². The van der Waals surface area contributed by atoms with E-state index in [2.05, 4.69) is 4.98 Å². The van der Waals surface area contributed by atoms with Crippen molar-refractivity contribution in [3.8, 4) is 0 Å². The standard InChI is InChI=1S/C18H19ClN2O4/c1-18(2,3)25-17(24)21-7-6-14-12(9-21)15(16(22)23)11-8-10(19)4-5-13(11)20-14/h4-5,8H,6-7,9H2,1-3H3,(H,22,23). The van der Waals surface area contributed by atoms with Crippen molar-refractivity contribution < 1.29 is 19.4 Å². The molecule has 1 N–H and O–H groups in total. The fourth-order valence-electron chi connectivity index (χ4n) is 2.94. The highest BCUT2D eigenvalue weighted by Gasteiger charge is 2.30. The Morgan fingerprint density at radius 1 is 1.32 bits per heavy atom. The number of pyridine rings is 1. The van der Waals surface area contributed by atoms with E-state index in [0.29, 0.717) is 40.1 Å². The Hall–Kier alpha value is -2.34. The van der Waals surface area contributed by atoms with Gasteiger partial charge in [-0.1, -0.05) is 11.6 Å². The summed E-state index contributed by atoms with van der Waals surface area (Å²) >= 11 is 6.03. The predicted molar refractivity (Wildman–Crippen MR) is 94.1 cm³/mol. The number of fused-ring (bicyclic) bond motifs is 2. The zero-order valence-corrected chi connectivity index (χ0v) is 15.1. The third kappa shape index (κ3) is 3.54. The van der Waals surface area contributed by atoms with Crippen molar-refractivity contribution in [3.05, 3.63) is 40.0 Å². The van der Waals surface area contributed by atoms with Crippen LogP contribution in [0.5, 0.6) is 0 Å². The van der Waals surface area contributed by atoms with Crippen LogP contribution in [0, 0.1) is 0 Å². The number of carbonyl (C=O) groups excluding carboxylic acids is 1. The average Bonchev–Trinajstić information content (AvgIpc) is 2.50. The molecule has 0 atom stereocenters. The van der Waals surface area contributed by atoms with Crippen molar-refractivity contribution >= 4 is 34.6 Å². The number of ether oxygens (including phenoxy) is 1. The molecule has 1 aliphatic heterocycles. The lowest BCUT2D eigenvalue weighted by atomic mass is 9.96. The van der Waals surface area contributed by atoms with Crippen LogP contribution in [0.2, 0.25) is 5.02 Å². The largest absolute Gasteiger partial charge is 0.478 e. The second kappa shape index (κ2) is 6.19. The molecule has 0 radical (unpaired) electrons. The topological polar surface area (TPSA) is 79.7 Å². The number of rotatable bonds is 1. The van der Waals surface area contributed by atoms with Crippen LogP contribution in [0.15, 0.2) is 18.2 Å². The minimum Gasteiger partial charge on any atom is -0.478 e. The third-order valence-corrected chi connectivity index (χ3v) is 4.20. The summed E-state index contributed by atoms with van der Waals surface area (Å²) < 4.78 is 5.40. The van der Waals surface area contributed by atoms with Crippen LogP contribution in [0.25, 0.3) is 10.9 Å². The van der Waals surface area contributed by atoms with E-state index >= 15 is 0 Å². The molecule has 2 aromatic rings. The number of aromatic carboxylic acids is 1. The first kappa shape index (κ1) is 17.5. The summed E-state index contributed by atoms with van der Waals surface area (Å²) in [6.07, 6.45) is 0.0219. The minimum absolute atomic E-state index is 0.149. The van der Waals surface area contributed by atoms with Crippen molar-refractivity contribution in [2.45, 2.75) is 39.3 Å². The van der Waals surface area contributed by atoms with Gasteiger partial charge in [0.1, 0.15) is 5.60 Å². The molecule has 0 saturated carbocycles. The van der Waals surface area contributed by atoms with E-state index in [9.17, 15) is 14.7 Å². The number of carboxylic acids is 1. The summed E-state index contributed by atoms with van der Waals surface area (Å²) in [5, 5.41) is 10.7.